The molecule has 0 aliphatic carbocycles. The molecule has 0 aliphatic heterocycles. The lowest BCUT2D eigenvalue weighted by Gasteiger charge is -2.19. The Morgan fingerprint density at radius 1 is 1.10 bits per heavy atom. The first-order valence-electron chi connectivity index (χ1n) is 8.40. The van der Waals surface area contributed by atoms with Gasteiger partial charge in [-0.2, -0.15) is 0 Å². The van der Waals surface area contributed by atoms with Gasteiger partial charge in [-0.05, 0) is 33.3 Å². The maximum atomic E-state index is 5.67. The molecule has 3 nitrogen and oxygen atoms in total. The van der Waals surface area contributed by atoms with Gasteiger partial charge in [0, 0.05) is 24.3 Å². The molecule has 1 aromatic heterocycles. The fourth-order valence-electron chi connectivity index (χ4n) is 2.12. The molecule has 0 saturated carbocycles. The minimum absolute atomic E-state index is 0.131. The highest BCUT2D eigenvalue weighted by Gasteiger charge is 2.09. The number of ether oxygens (including phenoxy) is 1. The zero-order valence-corrected chi connectivity index (χ0v) is 14.3. The van der Waals surface area contributed by atoms with Crippen molar-refractivity contribution in [1.29, 1.82) is 0 Å². The van der Waals surface area contributed by atoms with Crippen LogP contribution in [0.15, 0.2) is 16.7 Å². The highest BCUT2D eigenvalue weighted by Crippen LogP contribution is 2.11. The second-order valence-electron chi connectivity index (χ2n) is 6.85. The van der Waals surface area contributed by atoms with Gasteiger partial charge in [0.2, 0.25) is 0 Å². The van der Waals surface area contributed by atoms with E-state index in [9.17, 15) is 0 Å². The minimum Gasteiger partial charge on any atom is -0.467 e. The van der Waals surface area contributed by atoms with E-state index < -0.39 is 0 Å². The van der Waals surface area contributed by atoms with Gasteiger partial charge in [-0.25, -0.2) is 0 Å². The van der Waals surface area contributed by atoms with Crippen molar-refractivity contribution < 1.29 is 9.15 Å². The number of furan rings is 1. The van der Waals surface area contributed by atoms with Crippen LogP contribution in [0.1, 0.15) is 77.5 Å². The third kappa shape index (κ3) is 9.70. The van der Waals surface area contributed by atoms with Crippen molar-refractivity contribution >= 4 is 0 Å². The van der Waals surface area contributed by atoms with Gasteiger partial charge >= 0.3 is 0 Å². The Hall–Kier alpha value is -0.800. The molecule has 0 aliphatic rings. The van der Waals surface area contributed by atoms with E-state index in [1.54, 1.807) is 0 Å². The summed E-state index contributed by atoms with van der Waals surface area (Å²) in [6.07, 6.45) is 9.61. The quantitative estimate of drug-likeness (QED) is 0.580. The Morgan fingerprint density at radius 3 is 2.52 bits per heavy atom. The molecule has 0 fully saturated rings. The Balaban J connectivity index is 2.06. The molecular formula is C18H33NO2. The van der Waals surface area contributed by atoms with Gasteiger partial charge in [0.1, 0.15) is 12.4 Å². The zero-order chi connectivity index (χ0) is 15.6. The van der Waals surface area contributed by atoms with Crippen molar-refractivity contribution in [3.05, 3.63) is 23.7 Å². The van der Waals surface area contributed by atoms with E-state index in [4.69, 9.17) is 9.15 Å². The number of nitrogens with one attached hydrogen (secondary N) is 1. The molecule has 3 heteroatoms. The number of hydrogen-bond acceptors (Lipinski definition) is 3. The van der Waals surface area contributed by atoms with Gasteiger partial charge in [-0.1, -0.05) is 39.0 Å². The average molecular weight is 295 g/mol. The van der Waals surface area contributed by atoms with E-state index in [0.29, 0.717) is 6.61 Å². The Kier molecular flexibility index (Phi) is 8.70. The highest BCUT2D eigenvalue weighted by molar-refractivity contribution is 5.12. The topological polar surface area (TPSA) is 34.4 Å². The summed E-state index contributed by atoms with van der Waals surface area (Å²) < 4.78 is 11.2. The van der Waals surface area contributed by atoms with Crippen LogP contribution in [0, 0.1) is 0 Å². The molecule has 1 N–H and O–H groups in total. The predicted octanol–water partition coefficient (Wildman–Crippen LogP) is 5.04. The van der Waals surface area contributed by atoms with Gasteiger partial charge in [-0.15, -0.1) is 0 Å². The smallest absolute Gasteiger partial charge is 0.129 e. The second kappa shape index (κ2) is 10.0. The van der Waals surface area contributed by atoms with Crippen LogP contribution in [0.2, 0.25) is 0 Å². The summed E-state index contributed by atoms with van der Waals surface area (Å²) in [7, 11) is 0. The molecule has 0 unspecified atom stereocenters. The van der Waals surface area contributed by atoms with Crippen molar-refractivity contribution in [1.82, 2.24) is 5.32 Å². The summed E-state index contributed by atoms with van der Waals surface area (Å²) in [5.41, 5.74) is 1.31. The standard InChI is InChI=1S/C18H33NO2/c1-5-6-7-8-9-10-11-20-15-17-12-16(14-21-17)13-19-18(2,3)4/h12,14,19H,5-11,13,15H2,1-4H3. The molecule has 0 spiro atoms. The van der Waals surface area contributed by atoms with Crippen molar-refractivity contribution in [2.24, 2.45) is 0 Å². The number of hydrogen-bond donors (Lipinski definition) is 1. The lowest BCUT2D eigenvalue weighted by atomic mass is 10.1. The summed E-state index contributed by atoms with van der Waals surface area (Å²) in [4.78, 5) is 0. The number of unbranched alkanes of at least 4 members (excludes halogenated alkanes) is 5. The van der Waals surface area contributed by atoms with Crippen LogP contribution < -0.4 is 5.32 Å². The van der Waals surface area contributed by atoms with Crippen LogP contribution >= 0.6 is 0 Å². The molecule has 0 saturated heterocycles. The van der Waals surface area contributed by atoms with Crippen LogP contribution in [0.5, 0.6) is 0 Å². The molecular weight excluding hydrogens is 262 g/mol. The van der Waals surface area contributed by atoms with E-state index in [0.717, 1.165) is 25.3 Å². The highest BCUT2D eigenvalue weighted by atomic mass is 16.5. The summed E-state index contributed by atoms with van der Waals surface area (Å²) in [6.45, 7) is 11.0. The molecule has 0 radical (unpaired) electrons. The van der Waals surface area contributed by atoms with E-state index in [-0.39, 0.29) is 5.54 Å². The maximum absolute atomic E-state index is 5.67. The largest absolute Gasteiger partial charge is 0.467 e. The van der Waals surface area contributed by atoms with Crippen molar-refractivity contribution in [3.8, 4) is 0 Å². The predicted molar refractivity (Wildman–Crippen MR) is 88.3 cm³/mol. The van der Waals surface area contributed by atoms with Crippen LogP contribution in [-0.4, -0.2) is 12.1 Å². The fraction of sp³-hybridized carbons (Fsp3) is 0.778. The normalized spacial score (nSPS) is 12.0. The first-order valence-corrected chi connectivity index (χ1v) is 8.40. The molecule has 1 aromatic rings. The Bertz CT molecular complexity index is 366. The maximum Gasteiger partial charge on any atom is 0.129 e. The van der Waals surface area contributed by atoms with Gasteiger partial charge in [-0.3, -0.25) is 0 Å². The van der Waals surface area contributed by atoms with Crippen LogP contribution in [0.3, 0.4) is 0 Å². The molecule has 0 atom stereocenters. The molecule has 21 heavy (non-hydrogen) atoms. The molecule has 1 rings (SSSR count). The first-order chi connectivity index (χ1) is 10.0. The molecule has 0 aromatic carbocycles. The monoisotopic (exact) mass is 295 g/mol. The molecule has 0 bridgehead atoms. The van der Waals surface area contributed by atoms with Crippen molar-refractivity contribution in [3.63, 3.8) is 0 Å². The lowest BCUT2D eigenvalue weighted by Crippen LogP contribution is -2.34. The third-order valence-electron chi connectivity index (χ3n) is 3.42. The van der Waals surface area contributed by atoms with Gasteiger partial charge < -0.3 is 14.5 Å². The minimum atomic E-state index is 0.131. The van der Waals surface area contributed by atoms with Gasteiger partial charge in [0.05, 0.1) is 6.26 Å². The second-order valence-corrected chi connectivity index (χ2v) is 6.85. The Morgan fingerprint density at radius 2 is 1.81 bits per heavy atom. The summed E-state index contributed by atoms with van der Waals surface area (Å²) >= 11 is 0. The summed E-state index contributed by atoms with van der Waals surface area (Å²) in [5.74, 6) is 0.923. The molecule has 1 heterocycles. The van der Waals surface area contributed by atoms with E-state index in [1.807, 2.05) is 6.26 Å². The lowest BCUT2D eigenvalue weighted by molar-refractivity contribution is 0.102. The van der Waals surface area contributed by atoms with Crippen LogP contribution in [-0.2, 0) is 17.9 Å². The average Bonchev–Trinajstić information content (AvgIpc) is 2.87. The zero-order valence-electron chi connectivity index (χ0n) is 14.3. The third-order valence-corrected chi connectivity index (χ3v) is 3.42. The molecule has 122 valence electrons. The Labute approximate surface area is 130 Å². The van der Waals surface area contributed by atoms with Gasteiger partial charge in [0.15, 0.2) is 0 Å². The van der Waals surface area contributed by atoms with Crippen LogP contribution in [0.25, 0.3) is 0 Å². The van der Waals surface area contributed by atoms with Crippen molar-refractivity contribution in [2.75, 3.05) is 6.61 Å². The number of rotatable bonds is 11. The summed E-state index contributed by atoms with van der Waals surface area (Å²) in [6, 6.07) is 2.08. The fourth-order valence-corrected chi connectivity index (χ4v) is 2.12. The van der Waals surface area contributed by atoms with Crippen LogP contribution in [0.4, 0.5) is 0 Å². The summed E-state index contributed by atoms with van der Waals surface area (Å²) in [5, 5.41) is 3.45. The van der Waals surface area contributed by atoms with E-state index in [2.05, 4.69) is 39.1 Å². The van der Waals surface area contributed by atoms with E-state index >= 15 is 0 Å². The molecule has 0 amide bonds. The van der Waals surface area contributed by atoms with E-state index in [1.165, 1.54) is 37.7 Å². The SMILES string of the molecule is CCCCCCCCOCc1cc(CNC(C)(C)C)co1. The van der Waals surface area contributed by atoms with Crippen molar-refractivity contribution in [2.45, 2.75) is 84.9 Å². The van der Waals surface area contributed by atoms with Gasteiger partial charge in [0.25, 0.3) is 0 Å². The first kappa shape index (κ1) is 18.2.